The summed E-state index contributed by atoms with van der Waals surface area (Å²) < 4.78 is 10.7. The van der Waals surface area contributed by atoms with Gasteiger partial charge in [-0.15, -0.1) is 23.1 Å². The highest BCUT2D eigenvalue weighted by Gasteiger charge is 2.14. The molecule has 0 bridgehead atoms. The number of thioether (sulfide) groups is 1. The number of hydrogen-bond donors (Lipinski definition) is 1. The Balaban J connectivity index is 1.83. The molecule has 0 aliphatic carbocycles. The van der Waals surface area contributed by atoms with E-state index in [1.165, 1.54) is 11.3 Å². The Kier molecular flexibility index (Phi) is 5.80. The lowest BCUT2D eigenvalue weighted by atomic mass is 10.1. The van der Waals surface area contributed by atoms with Crippen LogP contribution >= 0.6 is 23.1 Å². The molecule has 7 heteroatoms. The van der Waals surface area contributed by atoms with Crippen molar-refractivity contribution in [1.29, 1.82) is 0 Å². The highest BCUT2D eigenvalue weighted by molar-refractivity contribution is 7.98. The summed E-state index contributed by atoms with van der Waals surface area (Å²) >= 11 is 2.96. The summed E-state index contributed by atoms with van der Waals surface area (Å²) in [5.41, 5.74) is 2.14. The molecule has 0 saturated heterocycles. The van der Waals surface area contributed by atoms with Gasteiger partial charge in [-0.25, -0.2) is 4.98 Å². The molecular formula is C19H18N2O3S2. The topological polar surface area (TPSA) is 60.5 Å². The van der Waals surface area contributed by atoms with Gasteiger partial charge < -0.3 is 9.47 Å². The van der Waals surface area contributed by atoms with Crippen LogP contribution in [0, 0.1) is 0 Å². The molecule has 134 valence electrons. The molecule has 0 saturated carbocycles. The Morgan fingerprint density at radius 3 is 2.73 bits per heavy atom. The molecular weight excluding hydrogens is 368 g/mol. The van der Waals surface area contributed by atoms with Gasteiger partial charge in [0.15, 0.2) is 5.13 Å². The number of anilines is 1. The zero-order chi connectivity index (χ0) is 18.5. The van der Waals surface area contributed by atoms with Crippen molar-refractivity contribution in [3.05, 3.63) is 53.4 Å². The fourth-order valence-electron chi connectivity index (χ4n) is 2.40. The predicted molar refractivity (Wildman–Crippen MR) is 107 cm³/mol. The minimum absolute atomic E-state index is 0.181. The molecule has 1 aromatic heterocycles. The van der Waals surface area contributed by atoms with Crippen LogP contribution in [0.25, 0.3) is 11.3 Å². The SMILES string of the molecule is COc1ccc(OC)c(-c2csc(NC(=O)c3cccc(SC)c3)n2)c1. The first-order valence-electron chi connectivity index (χ1n) is 7.78. The average Bonchev–Trinajstić information content (AvgIpc) is 3.15. The van der Waals surface area contributed by atoms with Gasteiger partial charge in [0.2, 0.25) is 0 Å². The summed E-state index contributed by atoms with van der Waals surface area (Å²) in [6.07, 6.45) is 1.98. The first-order valence-corrected chi connectivity index (χ1v) is 9.88. The number of nitrogens with one attached hydrogen (secondary N) is 1. The first kappa shape index (κ1) is 18.3. The predicted octanol–water partition coefficient (Wildman–Crippen LogP) is 4.80. The Bertz CT molecular complexity index is 925. The summed E-state index contributed by atoms with van der Waals surface area (Å²) in [7, 11) is 3.22. The van der Waals surface area contributed by atoms with Crippen molar-refractivity contribution >= 4 is 34.1 Å². The smallest absolute Gasteiger partial charge is 0.257 e. The summed E-state index contributed by atoms with van der Waals surface area (Å²) in [5.74, 6) is 1.23. The number of carbonyl (C=O) groups excluding carboxylic acids is 1. The fourth-order valence-corrected chi connectivity index (χ4v) is 3.57. The van der Waals surface area contributed by atoms with Gasteiger partial charge in [0.25, 0.3) is 5.91 Å². The van der Waals surface area contributed by atoms with Gasteiger partial charge in [-0.2, -0.15) is 0 Å². The van der Waals surface area contributed by atoms with E-state index < -0.39 is 0 Å². The molecule has 1 amide bonds. The van der Waals surface area contributed by atoms with Crippen LogP contribution in [0.15, 0.2) is 52.7 Å². The Morgan fingerprint density at radius 2 is 2.00 bits per heavy atom. The molecule has 5 nitrogen and oxygen atoms in total. The summed E-state index contributed by atoms with van der Waals surface area (Å²) in [6, 6.07) is 13.0. The first-order chi connectivity index (χ1) is 12.6. The number of rotatable bonds is 6. The molecule has 0 fully saturated rings. The monoisotopic (exact) mass is 386 g/mol. The number of benzene rings is 2. The van der Waals surface area contributed by atoms with Crippen LogP contribution in [0.4, 0.5) is 5.13 Å². The zero-order valence-electron chi connectivity index (χ0n) is 14.6. The number of aromatic nitrogens is 1. The van der Waals surface area contributed by atoms with Crippen molar-refractivity contribution in [2.24, 2.45) is 0 Å². The molecule has 3 rings (SSSR count). The third-order valence-electron chi connectivity index (χ3n) is 3.74. The second-order valence-corrected chi connectivity index (χ2v) is 7.03. The fraction of sp³-hybridized carbons (Fsp3) is 0.158. The molecule has 0 spiro atoms. The third-order valence-corrected chi connectivity index (χ3v) is 5.22. The molecule has 0 atom stereocenters. The van der Waals surface area contributed by atoms with Gasteiger partial charge in [-0.1, -0.05) is 6.07 Å². The lowest BCUT2D eigenvalue weighted by molar-refractivity contribution is 0.102. The zero-order valence-corrected chi connectivity index (χ0v) is 16.2. The molecule has 26 heavy (non-hydrogen) atoms. The number of ether oxygens (including phenoxy) is 2. The Morgan fingerprint density at radius 1 is 1.15 bits per heavy atom. The molecule has 2 aromatic carbocycles. The van der Waals surface area contributed by atoms with Gasteiger partial charge in [0.05, 0.1) is 19.9 Å². The van der Waals surface area contributed by atoms with E-state index in [2.05, 4.69) is 10.3 Å². The number of hydrogen-bond acceptors (Lipinski definition) is 6. The van der Waals surface area contributed by atoms with Crippen LogP contribution < -0.4 is 14.8 Å². The summed E-state index contributed by atoms with van der Waals surface area (Å²) in [5, 5.41) is 5.26. The Hall–Kier alpha value is -2.51. The summed E-state index contributed by atoms with van der Waals surface area (Å²) in [6.45, 7) is 0. The minimum atomic E-state index is -0.181. The molecule has 0 unspecified atom stereocenters. The van der Waals surface area contributed by atoms with Crippen molar-refractivity contribution in [2.45, 2.75) is 4.90 Å². The quantitative estimate of drug-likeness (QED) is 0.617. The van der Waals surface area contributed by atoms with E-state index in [0.29, 0.717) is 22.2 Å². The number of amides is 1. The maximum atomic E-state index is 12.5. The van der Waals surface area contributed by atoms with Crippen molar-refractivity contribution in [3.63, 3.8) is 0 Å². The maximum absolute atomic E-state index is 12.5. The van der Waals surface area contributed by atoms with Gasteiger partial charge in [0.1, 0.15) is 11.5 Å². The second kappa shape index (κ2) is 8.25. The van der Waals surface area contributed by atoms with Crippen LogP contribution in [0.5, 0.6) is 11.5 Å². The lowest BCUT2D eigenvalue weighted by Crippen LogP contribution is -2.11. The van der Waals surface area contributed by atoms with Gasteiger partial charge in [-0.3, -0.25) is 10.1 Å². The van der Waals surface area contributed by atoms with Crippen LogP contribution in [0.2, 0.25) is 0 Å². The van der Waals surface area contributed by atoms with Crippen LogP contribution in [0.3, 0.4) is 0 Å². The van der Waals surface area contributed by atoms with E-state index in [-0.39, 0.29) is 5.91 Å². The van der Waals surface area contributed by atoms with Gasteiger partial charge in [0, 0.05) is 21.4 Å². The Labute approximate surface area is 160 Å². The molecule has 0 radical (unpaired) electrons. The minimum Gasteiger partial charge on any atom is -0.497 e. The molecule has 1 N–H and O–H groups in total. The number of methoxy groups -OCH3 is 2. The van der Waals surface area contributed by atoms with E-state index in [1.807, 2.05) is 48.0 Å². The highest BCUT2D eigenvalue weighted by Crippen LogP contribution is 2.35. The van der Waals surface area contributed by atoms with Crippen molar-refractivity contribution < 1.29 is 14.3 Å². The van der Waals surface area contributed by atoms with E-state index >= 15 is 0 Å². The standard InChI is InChI=1S/C19H18N2O3S2/c1-23-13-7-8-17(24-2)15(10-13)16-11-26-19(20-16)21-18(22)12-5-4-6-14(9-12)25-3/h4-11H,1-3H3,(H,20,21,22). The maximum Gasteiger partial charge on any atom is 0.257 e. The number of nitrogens with zero attached hydrogens (tertiary/aromatic N) is 1. The van der Waals surface area contributed by atoms with Crippen molar-refractivity contribution in [2.75, 3.05) is 25.8 Å². The third kappa shape index (κ3) is 4.00. The molecule has 1 heterocycles. The van der Waals surface area contributed by atoms with Crippen molar-refractivity contribution in [3.8, 4) is 22.8 Å². The van der Waals surface area contributed by atoms with E-state index in [1.54, 1.807) is 32.0 Å². The van der Waals surface area contributed by atoms with Crippen LogP contribution in [-0.4, -0.2) is 31.4 Å². The largest absolute Gasteiger partial charge is 0.497 e. The van der Waals surface area contributed by atoms with Crippen LogP contribution in [0.1, 0.15) is 10.4 Å². The van der Waals surface area contributed by atoms with Crippen molar-refractivity contribution in [1.82, 2.24) is 4.98 Å². The second-order valence-electron chi connectivity index (χ2n) is 5.29. The van der Waals surface area contributed by atoms with E-state index in [0.717, 1.165) is 16.2 Å². The normalized spacial score (nSPS) is 10.4. The molecule has 0 aliphatic rings. The van der Waals surface area contributed by atoms with Gasteiger partial charge in [-0.05, 0) is 42.7 Å². The number of carbonyl (C=O) groups is 1. The molecule has 3 aromatic rings. The highest BCUT2D eigenvalue weighted by atomic mass is 32.2. The van der Waals surface area contributed by atoms with Gasteiger partial charge >= 0.3 is 0 Å². The van der Waals surface area contributed by atoms with Crippen LogP contribution in [-0.2, 0) is 0 Å². The number of thiazole rings is 1. The lowest BCUT2D eigenvalue weighted by Gasteiger charge is -2.08. The average molecular weight is 386 g/mol. The van der Waals surface area contributed by atoms with E-state index in [9.17, 15) is 4.79 Å². The summed E-state index contributed by atoms with van der Waals surface area (Å²) in [4.78, 5) is 18.0. The van der Waals surface area contributed by atoms with E-state index in [4.69, 9.17) is 9.47 Å². The molecule has 0 aliphatic heterocycles.